The monoisotopic (exact) mass is 362 g/mol. The zero-order valence-electron chi connectivity index (χ0n) is 15.5. The number of sulfone groups is 1. The fourth-order valence-electron chi connectivity index (χ4n) is 2.52. The Morgan fingerprint density at radius 3 is 2.16 bits per heavy atom. The molecule has 0 N–H and O–H groups in total. The number of ether oxygens (including phenoxy) is 1. The van der Waals surface area contributed by atoms with Crippen molar-refractivity contribution >= 4 is 21.2 Å². The summed E-state index contributed by atoms with van der Waals surface area (Å²) in [5.41, 5.74) is 1.08. The third kappa shape index (κ3) is 5.75. The van der Waals surface area contributed by atoms with Gasteiger partial charge in [-0.1, -0.05) is 45.7 Å². The maximum Gasteiger partial charge on any atom is 0.197 e. The molecule has 0 aliphatic carbocycles. The molecule has 1 rings (SSSR count). The van der Waals surface area contributed by atoms with E-state index < -0.39 is 9.84 Å². The molecule has 0 aliphatic rings. The van der Waals surface area contributed by atoms with Crippen molar-refractivity contribution < 1.29 is 17.9 Å². The second kappa shape index (κ2) is 8.35. The quantitative estimate of drug-likeness (QED) is 0.420. The third-order valence-corrected chi connectivity index (χ3v) is 4.71. The summed E-state index contributed by atoms with van der Waals surface area (Å²) < 4.78 is 29.0. The Morgan fingerprint density at radius 2 is 1.76 bits per heavy atom. The van der Waals surface area contributed by atoms with Crippen LogP contribution in [0.25, 0.3) is 5.57 Å². The lowest BCUT2D eigenvalue weighted by molar-refractivity contribution is -0.118. The lowest BCUT2D eigenvalue weighted by atomic mass is 9.80. The van der Waals surface area contributed by atoms with E-state index in [1.54, 1.807) is 24.3 Å². The van der Waals surface area contributed by atoms with Crippen LogP contribution in [0.15, 0.2) is 34.9 Å². The largest absolute Gasteiger partial charge is 0.477 e. The van der Waals surface area contributed by atoms with Gasteiger partial charge in [0.25, 0.3) is 0 Å². The third-order valence-electron chi connectivity index (χ3n) is 3.58. The average molecular weight is 362 g/mol. The molecule has 0 saturated heterocycles. The number of hydrogen-bond acceptors (Lipinski definition) is 4. The summed E-state index contributed by atoms with van der Waals surface area (Å²) in [5.74, 6) is 2.56. The first-order chi connectivity index (χ1) is 11.5. The number of benzene rings is 1. The fourth-order valence-corrected chi connectivity index (χ4v) is 3.15. The molecular formula is C20H26O4S. The molecule has 0 aromatic heterocycles. The smallest absolute Gasteiger partial charge is 0.197 e. The van der Waals surface area contributed by atoms with Crippen molar-refractivity contribution in [3.8, 4) is 12.3 Å². The Labute approximate surface area is 151 Å². The number of Topliss-reactive ketones (excluding diaryl/α,β-unsaturated/α-hetero) is 1. The maximum absolute atomic E-state index is 12.6. The summed E-state index contributed by atoms with van der Waals surface area (Å²) in [6, 6.07) is 6.49. The summed E-state index contributed by atoms with van der Waals surface area (Å²) in [6.07, 6.45) is 7.52. The van der Waals surface area contributed by atoms with Crippen molar-refractivity contribution in [3.63, 3.8) is 0 Å². The molecular weight excluding hydrogens is 336 g/mol. The predicted octanol–water partition coefficient (Wildman–Crippen LogP) is 3.87. The van der Waals surface area contributed by atoms with Crippen LogP contribution in [0.3, 0.4) is 0 Å². The molecule has 25 heavy (non-hydrogen) atoms. The number of hydrogen-bond donors (Lipinski definition) is 0. The van der Waals surface area contributed by atoms with Crippen LogP contribution in [-0.4, -0.2) is 27.1 Å². The highest BCUT2D eigenvalue weighted by molar-refractivity contribution is 7.90. The van der Waals surface area contributed by atoms with Crippen LogP contribution in [0, 0.1) is 17.8 Å². The van der Waals surface area contributed by atoms with E-state index in [1.807, 2.05) is 27.7 Å². The van der Waals surface area contributed by atoms with Gasteiger partial charge in [-0.05, 0) is 29.5 Å². The van der Waals surface area contributed by atoms with Crippen LogP contribution in [0.4, 0.5) is 0 Å². The molecule has 0 radical (unpaired) electrons. The average Bonchev–Trinajstić information content (AvgIpc) is 2.49. The van der Waals surface area contributed by atoms with Gasteiger partial charge in [-0.25, -0.2) is 8.42 Å². The second-order valence-corrected chi connectivity index (χ2v) is 8.93. The van der Waals surface area contributed by atoms with E-state index in [4.69, 9.17) is 11.2 Å². The van der Waals surface area contributed by atoms with Crippen molar-refractivity contribution in [3.05, 3.63) is 35.6 Å². The topological polar surface area (TPSA) is 60.4 Å². The minimum Gasteiger partial charge on any atom is -0.477 e. The Balaban J connectivity index is 3.58. The van der Waals surface area contributed by atoms with E-state index in [0.717, 1.165) is 17.4 Å². The van der Waals surface area contributed by atoms with E-state index in [0.29, 0.717) is 12.8 Å². The highest BCUT2D eigenvalue weighted by atomic mass is 32.2. The van der Waals surface area contributed by atoms with Crippen molar-refractivity contribution in [1.29, 1.82) is 0 Å². The summed E-state index contributed by atoms with van der Waals surface area (Å²) in [6.45, 7) is 7.86. The molecule has 0 aliphatic heterocycles. The van der Waals surface area contributed by atoms with Gasteiger partial charge in [0.2, 0.25) is 0 Å². The fraction of sp³-hybridized carbons (Fsp3) is 0.450. The van der Waals surface area contributed by atoms with Crippen LogP contribution >= 0.6 is 0 Å². The number of rotatable bonds is 7. The minimum absolute atomic E-state index is 0.00574. The second-order valence-electron chi connectivity index (χ2n) is 6.92. The van der Waals surface area contributed by atoms with E-state index in [1.165, 1.54) is 0 Å². The lowest BCUT2D eigenvalue weighted by Crippen LogP contribution is -2.18. The molecule has 0 fully saturated rings. The number of ketones is 1. The number of carbonyl (C=O) groups excluding carboxylic acids is 1. The summed E-state index contributed by atoms with van der Waals surface area (Å²) in [7, 11) is -3.28. The first kappa shape index (κ1) is 21.0. The molecule has 5 heteroatoms. The molecule has 0 atom stereocenters. The molecule has 1 aromatic carbocycles. The van der Waals surface area contributed by atoms with Gasteiger partial charge in [-0.15, -0.1) is 6.42 Å². The molecule has 1 aromatic rings. The first-order valence-corrected chi connectivity index (χ1v) is 10.1. The standard InChI is InChI=1S/C20H26O4S/c1-7-9-17(21)19(24-14-8-2)18(20(3,4)5)15-10-12-16(13-11-15)25(6,22)23/h2,10-13H,7,9,14H2,1,3-6H3/b19-18+. The molecule has 0 unspecified atom stereocenters. The van der Waals surface area contributed by atoms with Gasteiger partial charge < -0.3 is 4.74 Å². The molecule has 0 heterocycles. The highest BCUT2D eigenvalue weighted by Crippen LogP contribution is 2.38. The number of terminal acetylenes is 1. The van der Waals surface area contributed by atoms with Crippen LogP contribution in [-0.2, 0) is 19.4 Å². The molecule has 136 valence electrons. The van der Waals surface area contributed by atoms with E-state index in [9.17, 15) is 13.2 Å². The van der Waals surface area contributed by atoms with Gasteiger partial charge in [0.15, 0.2) is 21.4 Å². The minimum atomic E-state index is -3.28. The summed E-state index contributed by atoms with van der Waals surface area (Å²) in [4.78, 5) is 12.8. The van der Waals surface area contributed by atoms with Crippen LogP contribution in [0.5, 0.6) is 0 Å². The van der Waals surface area contributed by atoms with E-state index in [2.05, 4.69) is 5.92 Å². The van der Waals surface area contributed by atoms with Crippen molar-refractivity contribution in [2.75, 3.05) is 12.9 Å². The van der Waals surface area contributed by atoms with Gasteiger partial charge in [0.1, 0.15) is 6.61 Å². The van der Waals surface area contributed by atoms with Gasteiger partial charge in [0.05, 0.1) is 4.90 Å². The van der Waals surface area contributed by atoms with E-state index in [-0.39, 0.29) is 28.5 Å². The van der Waals surface area contributed by atoms with Crippen molar-refractivity contribution in [2.45, 2.75) is 45.4 Å². The summed E-state index contributed by atoms with van der Waals surface area (Å²) >= 11 is 0. The van der Waals surface area contributed by atoms with Gasteiger partial charge >= 0.3 is 0 Å². The van der Waals surface area contributed by atoms with Gasteiger partial charge in [0, 0.05) is 18.2 Å². The molecule has 4 nitrogen and oxygen atoms in total. The predicted molar refractivity (Wildman–Crippen MR) is 101 cm³/mol. The highest BCUT2D eigenvalue weighted by Gasteiger charge is 2.28. The zero-order chi connectivity index (χ0) is 19.3. The molecule has 0 amide bonds. The normalized spacial score (nSPS) is 13.0. The molecule has 0 spiro atoms. The first-order valence-electron chi connectivity index (χ1n) is 8.17. The molecule has 0 saturated carbocycles. The van der Waals surface area contributed by atoms with Crippen molar-refractivity contribution in [2.24, 2.45) is 5.41 Å². The Morgan fingerprint density at radius 1 is 1.20 bits per heavy atom. The van der Waals surface area contributed by atoms with Gasteiger partial charge in [-0.2, -0.15) is 0 Å². The lowest BCUT2D eigenvalue weighted by Gasteiger charge is -2.26. The maximum atomic E-state index is 12.6. The SMILES string of the molecule is C#CCO/C(C(=O)CCC)=C(\c1ccc(S(C)(=O)=O)cc1)C(C)(C)C. The zero-order valence-corrected chi connectivity index (χ0v) is 16.4. The van der Waals surface area contributed by atoms with Crippen LogP contribution in [0.2, 0.25) is 0 Å². The Kier molecular flexibility index (Phi) is 7.01. The number of allylic oxidation sites excluding steroid dienone is 2. The number of carbonyl (C=O) groups is 1. The summed E-state index contributed by atoms with van der Waals surface area (Å²) in [5, 5.41) is 0. The van der Waals surface area contributed by atoms with Crippen LogP contribution < -0.4 is 0 Å². The van der Waals surface area contributed by atoms with Crippen LogP contribution in [0.1, 0.15) is 46.1 Å². The van der Waals surface area contributed by atoms with E-state index >= 15 is 0 Å². The Hall–Kier alpha value is -2.06. The van der Waals surface area contributed by atoms with Crippen molar-refractivity contribution in [1.82, 2.24) is 0 Å². The molecule has 0 bridgehead atoms. The Bertz CT molecular complexity index is 786. The van der Waals surface area contributed by atoms with Gasteiger partial charge in [-0.3, -0.25) is 4.79 Å².